The zero-order valence-corrected chi connectivity index (χ0v) is 18.7. The Morgan fingerprint density at radius 2 is 1.94 bits per heavy atom. The molecular formula is C24H21N3O5S. The molecule has 2 aliphatic heterocycles. The van der Waals surface area contributed by atoms with Gasteiger partial charge in [-0.2, -0.15) is 0 Å². The molecule has 8 nitrogen and oxygen atoms in total. The molecule has 0 unspecified atom stereocenters. The highest BCUT2D eigenvalue weighted by Gasteiger charge is 2.34. The first-order valence-electron chi connectivity index (χ1n) is 10.5. The summed E-state index contributed by atoms with van der Waals surface area (Å²) in [5, 5.41) is 3.53. The van der Waals surface area contributed by atoms with Crippen molar-refractivity contribution in [2.45, 2.75) is 13.5 Å². The number of hydrogen-bond donors (Lipinski definition) is 1. The summed E-state index contributed by atoms with van der Waals surface area (Å²) in [6.45, 7) is 2.60. The van der Waals surface area contributed by atoms with Gasteiger partial charge in [0.1, 0.15) is 6.54 Å². The van der Waals surface area contributed by atoms with Crippen LogP contribution in [0.25, 0.3) is 17.0 Å². The Kier molecular flexibility index (Phi) is 5.55. The Labute approximate surface area is 194 Å². The summed E-state index contributed by atoms with van der Waals surface area (Å²) in [5.41, 5.74) is 2.73. The molecule has 0 saturated carbocycles. The Bertz CT molecular complexity index is 1310. The van der Waals surface area contributed by atoms with Gasteiger partial charge in [0.25, 0.3) is 11.1 Å². The summed E-state index contributed by atoms with van der Waals surface area (Å²) in [6.07, 6.45) is 1.66. The Balaban J connectivity index is 1.19. The highest BCUT2D eigenvalue weighted by atomic mass is 32.2. The molecule has 0 bridgehead atoms. The number of carbonyl (C=O) groups excluding carboxylic acids is 3. The largest absolute Gasteiger partial charge is 0.454 e. The second-order valence-electron chi connectivity index (χ2n) is 7.73. The van der Waals surface area contributed by atoms with Crippen LogP contribution in [0.4, 0.5) is 4.79 Å². The van der Waals surface area contributed by atoms with E-state index in [2.05, 4.69) is 5.32 Å². The Morgan fingerprint density at radius 3 is 2.82 bits per heavy atom. The van der Waals surface area contributed by atoms with Crippen LogP contribution < -0.4 is 14.8 Å². The van der Waals surface area contributed by atoms with E-state index in [1.807, 2.05) is 41.8 Å². The fourth-order valence-electron chi connectivity index (χ4n) is 3.91. The zero-order chi connectivity index (χ0) is 22.9. The van der Waals surface area contributed by atoms with Gasteiger partial charge in [-0.1, -0.05) is 24.3 Å². The minimum absolute atomic E-state index is 0.111. The predicted octanol–water partition coefficient (Wildman–Crippen LogP) is 3.53. The number of para-hydroxylation sites is 1. The van der Waals surface area contributed by atoms with E-state index in [0.717, 1.165) is 38.8 Å². The molecule has 168 valence electrons. The first-order valence-corrected chi connectivity index (χ1v) is 11.3. The number of thioether (sulfide) groups is 1. The average Bonchev–Trinajstić information content (AvgIpc) is 3.46. The average molecular weight is 464 g/mol. The number of nitrogens with one attached hydrogen (secondary N) is 1. The highest BCUT2D eigenvalue weighted by Crippen LogP contribution is 2.36. The molecule has 1 saturated heterocycles. The van der Waals surface area contributed by atoms with E-state index in [1.165, 1.54) is 0 Å². The minimum atomic E-state index is -0.371. The van der Waals surface area contributed by atoms with Crippen LogP contribution in [0.3, 0.4) is 0 Å². The van der Waals surface area contributed by atoms with Gasteiger partial charge in [0, 0.05) is 24.3 Å². The number of nitrogens with zero attached hydrogens (tertiary/aromatic N) is 2. The zero-order valence-electron chi connectivity index (χ0n) is 17.9. The number of aromatic nitrogens is 1. The second-order valence-corrected chi connectivity index (χ2v) is 8.72. The van der Waals surface area contributed by atoms with E-state index in [9.17, 15) is 14.4 Å². The topological polar surface area (TPSA) is 89.9 Å². The lowest BCUT2D eigenvalue weighted by molar-refractivity contribution is -0.124. The third-order valence-electron chi connectivity index (χ3n) is 5.54. The molecule has 0 aliphatic carbocycles. The SMILES string of the molecule is Cc1cc2ccccc2n1CC(=O)NCCN1C(=O)S/C(=C\c2ccc3c(c2)OCO3)C1=O. The van der Waals surface area contributed by atoms with Gasteiger partial charge in [-0.05, 0) is 60.0 Å². The van der Waals surface area contributed by atoms with E-state index in [0.29, 0.717) is 16.4 Å². The second kappa shape index (κ2) is 8.67. The van der Waals surface area contributed by atoms with Gasteiger partial charge in [-0.15, -0.1) is 0 Å². The maximum atomic E-state index is 12.7. The van der Waals surface area contributed by atoms with Gasteiger partial charge in [0.2, 0.25) is 12.7 Å². The molecule has 0 atom stereocenters. The molecule has 33 heavy (non-hydrogen) atoms. The molecule has 5 rings (SSSR count). The van der Waals surface area contributed by atoms with Crippen molar-refractivity contribution in [2.24, 2.45) is 0 Å². The van der Waals surface area contributed by atoms with Gasteiger partial charge >= 0.3 is 0 Å². The third-order valence-corrected chi connectivity index (χ3v) is 6.45. The Hall–Kier alpha value is -3.72. The lowest BCUT2D eigenvalue weighted by atomic mass is 10.2. The van der Waals surface area contributed by atoms with Crippen LogP contribution in [0.15, 0.2) is 53.4 Å². The molecule has 3 amide bonds. The number of aryl methyl sites for hydroxylation is 1. The lowest BCUT2D eigenvalue weighted by Crippen LogP contribution is -2.38. The molecule has 0 radical (unpaired) electrons. The van der Waals surface area contributed by atoms with E-state index in [4.69, 9.17) is 9.47 Å². The number of amides is 3. The number of ether oxygens (including phenoxy) is 2. The molecule has 1 N–H and O–H groups in total. The number of rotatable bonds is 6. The fourth-order valence-corrected chi connectivity index (χ4v) is 4.78. The lowest BCUT2D eigenvalue weighted by Gasteiger charge is -2.14. The molecular weight excluding hydrogens is 442 g/mol. The number of carbonyl (C=O) groups is 3. The van der Waals surface area contributed by atoms with Crippen molar-refractivity contribution in [2.75, 3.05) is 19.9 Å². The van der Waals surface area contributed by atoms with Crippen LogP contribution in [0.1, 0.15) is 11.3 Å². The molecule has 3 heterocycles. The highest BCUT2D eigenvalue weighted by molar-refractivity contribution is 8.18. The molecule has 2 aliphatic rings. The minimum Gasteiger partial charge on any atom is -0.454 e. The molecule has 9 heteroatoms. The van der Waals surface area contributed by atoms with Gasteiger partial charge in [0.05, 0.1) is 4.91 Å². The van der Waals surface area contributed by atoms with E-state index in [-0.39, 0.29) is 43.5 Å². The quantitative estimate of drug-likeness (QED) is 0.563. The number of imide groups is 1. The van der Waals surface area contributed by atoms with Crippen molar-refractivity contribution in [3.63, 3.8) is 0 Å². The van der Waals surface area contributed by atoms with Crippen molar-refractivity contribution < 1.29 is 23.9 Å². The van der Waals surface area contributed by atoms with Gasteiger partial charge in [-0.25, -0.2) is 0 Å². The van der Waals surface area contributed by atoms with Crippen LogP contribution in [0.2, 0.25) is 0 Å². The summed E-state index contributed by atoms with van der Waals surface area (Å²) in [5.74, 6) is 0.710. The van der Waals surface area contributed by atoms with Gasteiger partial charge in [0.15, 0.2) is 11.5 Å². The van der Waals surface area contributed by atoms with Crippen LogP contribution in [0.5, 0.6) is 11.5 Å². The van der Waals surface area contributed by atoms with E-state index < -0.39 is 0 Å². The molecule has 2 aromatic carbocycles. The first kappa shape index (κ1) is 21.1. The summed E-state index contributed by atoms with van der Waals surface area (Å²) in [6, 6.07) is 15.3. The van der Waals surface area contributed by atoms with Gasteiger partial charge in [-0.3, -0.25) is 19.3 Å². The number of fused-ring (bicyclic) bond motifs is 2. The summed E-state index contributed by atoms with van der Waals surface area (Å²) in [4.78, 5) is 39.1. The van der Waals surface area contributed by atoms with Crippen LogP contribution in [0, 0.1) is 6.92 Å². The molecule has 1 aromatic heterocycles. The monoisotopic (exact) mass is 463 g/mol. The van der Waals surface area contributed by atoms with Crippen molar-refractivity contribution in [1.82, 2.24) is 14.8 Å². The smallest absolute Gasteiger partial charge is 0.293 e. The van der Waals surface area contributed by atoms with Crippen molar-refractivity contribution >= 4 is 45.8 Å². The van der Waals surface area contributed by atoms with Crippen molar-refractivity contribution in [3.05, 3.63) is 64.7 Å². The van der Waals surface area contributed by atoms with Crippen molar-refractivity contribution in [3.8, 4) is 11.5 Å². The van der Waals surface area contributed by atoms with E-state index in [1.54, 1.807) is 24.3 Å². The summed E-state index contributed by atoms with van der Waals surface area (Å²) in [7, 11) is 0. The van der Waals surface area contributed by atoms with E-state index >= 15 is 0 Å². The fraction of sp³-hybridized carbons (Fsp3) is 0.208. The maximum Gasteiger partial charge on any atom is 0.293 e. The first-order chi connectivity index (χ1) is 16.0. The standard InChI is InChI=1S/C24H21N3O5S/c1-15-10-17-4-2-3-5-18(17)27(15)13-22(28)25-8-9-26-23(29)21(33-24(26)30)12-16-6-7-19-20(11-16)32-14-31-19/h2-7,10-12H,8-9,13-14H2,1H3,(H,25,28)/b21-12-. The number of hydrogen-bond acceptors (Lipinski definition) is 6. The van der Waals surface area contributed by atoms with Crippen LogP contribution >= 0.6 is 11.8 Å². The third kappa shape index (κ3) is 4.19. The molecule has 3 aromatic rings. The van der Waals surface area contributed by atoms with Crippen LogP contribution in [-0.2, 0) is 16.1 Å². The summed E-state index contributed by atoms with van der Waals surface area (Å²) >= 11 is 0.886. The summed E-state index contributed by atoms with van der Waals surface area (Å²) < 4.78 is 12.6. The number of benzene rings is 2. The van der Waals surface area contributed by atoms with Crippen LogP contribution in [-0.4, -0.2) is 46.4 Å². The van der Waals surface area contributed by atoms with Gasteiger partial charge < -0.3 is 19.4 Å². The normalized spacial score (nSPS) is 16.3. The predicted molar refractivity (Wildman–Crippen MR) is 125 cm³/mol. The molecule has 0 spiro atoms. The van der Waals surface area contributed by atoms with Crippen molar-refractivity contribution in [1.29, 1.82) is 0 Å². The maximum absolute atomic E-state index is 12.7. The Morgan fingerprint density at radius 1 is 1.12 bits per heavy atom. The molecule has 1 fully saturated rings.